The molecule has 0 amide bonds. The quantitative estimate of drug-likeness (QED) is 0.794. The van der Waals surface area contributed by atoms with Gasteiger partial charge in [-0.1, -0.05) is 28.1 Å². The topological polar surface area (TPSA) is 55.4 Å². The molecule has 0 aliphatic rings. The molecule has 2 rings (SSSR count). The normalized spacial score (nSPS) is 12.9. The van der Waals surface area contributed by atoms with Crippen LogP contribution in [0.5, 0.6) is 5.75 Å². The Hall–Kier alpha value is -1.37. The van der Waals surface area contributed by atoms with E-state index < -0.39 is 10.0 Å². The largest absolute Gasteiger partial charge is 0.494 e. The lowest BCUT2D eigenvalue weighted by Gasteiger charge is -2.16. The molecule has 0 aliphatic carbocycles. The predicted octanol–water partition coefficient (Wildman–Crippen LogP) is 4.20. The van der Waals surface area contributed by atoms with E-state index in [1.165, 1.54) is 0 Å². The molecule has 0 spiro atoms. The van der Waals surface area contributed by atoms with Gasteiger partial charge in [-0.25, -0.2) is 13.1 Å². The van der Waals surface area contributed by atoms with Crippen LogP contribution < -0.4 is 9.46 Å². The zero-order chi connectivity index (χ0) is 17.0. The maximum Gasteiger partial charge on any atom is 0.241 e. The van der Waals surface area contributed by atoms with Crippen molar-refractivity contribution in [1.29, 1.82) is 0 Å². The number of hydrogen-bond donors (Lipinski definition) is 1. The molecular weight excluding hydrogens is 378 g/mol. The van der Waals surface area contributed by atoms with Crippen molar-refractivity contribution in [3.8, 4) is 5.75 Å². The van der Waals surface area contributed by atoms with E-state index in [0.29, 0.717) is 12.4 Å². The molecule has 4 nitrogen and oxygen atoms in total. The number of sulfonamides is 1. The van der Waals surface area contributed by atoms with Crippen LogP contribution in [0.4, 0.5) is 0 Å². The summed E-state index contributed by atoms with van der Waals surface area (Å²) in [4.78, 5) is 0.238. The molecule has 1 atom stereocenters. The maximum absolute atomic E-state index is 12.5. The molecule has 2 aromatic rings. The van der Waals surface area contributed by atoms with E-state index in [1.54, 1.807) is 18.2 Å². The molecule has 2 aromatic carbocycles. The second kappa shape index (κ2) is 7.47. The summed E-state index contributed by atoms with van der Waals surface area (Å²) in [5.74, 6) is 0.701. The fourth-order valence-corrected chi connectivity index (χ4v) is 3.81. The summed E-state index contributed by atoms with van der Waals surface area (Å²) < 4.78 is 34.2. The number of aryl methyl sites for hydroxylation is 1. The lowest BCUT2D eigenvalue weighted by Crippen LogP contribution is -2.27. The minimum atomic E-state index is -3.59. The van der Waals surface area contributed by atoms with Gasteiger partial charge in [0.25, 0.3) is 0 Å². The van der Waals surface area contributed by atoms with Gasteiger partial charge in [0.2, 0.25) is 10.0 Å². The van der Waals surface area contributed by atoms with Crippen molar-refractivity contribution in [2.75, 3.05) is 6.61 Å². The van der Waals surface area contributed by atoms with Gasteiger partial charge in [0.15, 0.2) is 0 Å². The molecule has 0 heterocycles. The Morgan fingerprint density at radius 3 is 2.39 bits per heavy atom. The Balaban J connectivity index is 2.21. The highest BCUT2D eigenvalue weighted by Gasteiger charge is 2.19. The van der Waals surface area contributed by atoms with Crippen molar-refractivity contribution in [3.63, 3.8) is 0 Å². The fourth-order valence-electron chi connectivity index (χ4n) is 2.23. The second-order valence-electron chi connectivity index (χ2n) is 5.25. The van der Waals surface area contributed by atoms with E-state index in [0.717, 1.165) is 15.6 Å². The van der Waals surface area contributed by atoms with Gasteiger partial charge in [-0.3, -0.25) is 0 Å². The SMILES string of the molecule is CCOc1ccc(S(=O)(=O)NC(C)c2ccc(Br)cc2)cc1C. The van der Waals surface area contributed by atoms with Gasteiger partial charge in [0.1, 0.15) is 5.75 Å². The van der Waals surface area contributed by atoms with E-state index in [1.807, 2.05) is 45.0 Å². The zero-order valence-corrected chi connectivity index (χ0v) is 15.7. The van der Waals surface area contributed by atoms with Crippen molar-refractivity contribution in [2.24, 2.45) is 0 Å². The Kier molecular flexibility index (Phi) is 5.84. The number of halogens is 1. The van der Waals surface area contributed by atoms with Crippen LogP contribution in [0.2, 0.25) is 0 Å². The highest BCUT2D eigenvalue weighted by Crippen LogP contribution is 2.24. The van der Waals surface area contributed by atoms with Crippen LogP contribution in [0, 0.1) is 6.92 Å². The molecule has 0 aliphatic heterocycles. The summed E-state index contributed by atoms with van der Waals surface area (Å²) in [6.07, 6.45) is 0. The predicted molar refractivity (Wildman–Crippen MR) is 95.2 cm³/mol. The van der Waals surface area contributed by atoms with Crippen molar-refractivity contribution >= 4 is 26.0 Å². The molecule has 0 saturated heterocycles. The van der Waals surface area contributed by atoms with Gasteiger partial charge < -0.3 is 4.74 Å². The van der Waals surface area contributed by atoms with Crippen LogP contribution in [-0.2, 0) is 10.0 Å². The third kappa shape index (κ3) is 4.56. The summed E-state index contributed by atoms with van der Waals surface area (Å²) in [6, 6.07) is 12.1. The summed E-state index contributed by atoms with van der Waals surface area (Å²) in [6.45, 7) is 6.10. The lowest BCUT2D eigenvalue weighted by molar-refractivity contribution is 0.337. The lowest BCUT2D eigenvalue weighted by atomic mass is 10.1. The number of hydrogen-bond acceptors (Lipinski definition) is 3. The Bertz CT molecular complexity index is 773. The van der Waals surface area contributed by atoms with Crippen LogP contribution in [0.15, 0.2) is 51.8 Å². The highest BCUT2D eigenvalue weighted by molar-refractivity contribution is 9.10. The van der Waals surface area contributed by atoms with Crippen LogP contribution in [0.1, 0.15) is 31.0 Å². The van der Waals surface area contributed by atoms with Crippen LogP contribution in [0.25, 0.3) is 0 Å². The molecule has 124 valence electrons. The summed E-state index contributed by atoms with van der Waals surface area (Å²) >= 11 is 3.37. The third-order valence-corrected chi connectivity index (χ3v) is 5.53. The summed E-state index contributed by atoms with van der Waals surface area (Å²) in [5.41, 5.74) is 1.70. The average Bonchev–Trinajstić information content (AvgIpc) is 2.49. The molecule has 0 saturated carbocycles. The molecule has 1 N–H and O–H groups in total. The molecule has 0 fully saturated rings. The number of nitrogens with one attached hydrogen (secondary N) is 1. The van der Waals surface area contributed by atoms with Crippen molar-refractivity contribution in [2.45, 2.75) is 31.7 Å². The molecule has 0 radical (unpaired) electrons. The minimum Gasteiger partial charge on any atom is -0.494 e. The van der Waals surface area contributed by atoms with Crippen molar-refractivity contribution in [3.05, 3.63) is 58.1 Å². The van der Waals surface area contributed by atoms with Gasteiger partial charge in [0, 0.05) is 10.5 Å². The average molecular weight is 398 g/mol. The second-order valence-corrected chi connectivity index (χ2v) is 7.88. The Labute approximate surface area is 146 Å². The maximum atomic E-state index is 12.5. The van der Waals surface area contributed by atoms with Crippen molar-refractivity contribution < 1.29 is 13.2 Å². The number of ether oxygens (including phenoxy) is 1. The van der Waals surface area contributed by atoms with E-state index >= 15 is 0 Å². The first-order chi connectivity index (χ1) is 10.8. The summed E-state index contributed by atoms with van der Waals surface area (Å²) in [7, 11) is -3.59. The number of benzene rings is 2. The van der Waals surface area contributed by atoms with Gasteiger partial charge in [-0.15, -0.1) is 0 Å². The van der Waals surface area contributed by atoms with Crippen LogP contribution in [-0.4, -0.2) is 15.0 Å². The first-order valence-electron chi connectivity index (χ1n) is 7.34. The minimum absolute atomic E-state index is 0.238. The van der Waals surface area contributed by atoms with Crippen LogP contribution >= 0.6 is 15.9 Å². The highest BCUT2D eigenvalue weighted by atomic mass is 79.9. The van der Waals surface area contributed by atoms with Crippen molar-refractivity contribution in [1.82, 2.24) is 4.72 Å². The first-order valence-corrected chi connectivity index (χ1v) is 9.62. The van der Waals surface area contributed by atoms with E-state index in [9.17, 15) is 8.42 Å². The van der Waals surface area contributed by atoms with E-state index in [4.69, 9.17) is 4.74 Å². The van der Waals surface area contributed by atoms with Gasteiger partial charge in [-0.2, -0.15) is 0 Å². The first kappa shape index (κ1) is 18.0. The Morgan fingerprint density at radius 1 is 1.17 bits per heavy atom. The standard InChI is InChI=1S/C17H20BrNO3S/c1-4-22-17-10-9-16(11-12(17)2)23(20,21)19-13(3)14-5-7-15(18)8-6-14/h5-11,13,19H,4H2,1-3H3. The molecule has 1 unspecified atom stereocenters. The zero-order valence-electron chi connectivity index (χ0n) is 13.3. The smallest absolute Gasteiger partial charge is 0.241 e. The monoisotopic (exact) mass is 397 g/mol. The molecular formula is C17H20BrNO3S. The van der Waals surface area contributed by atoms with E-state index in [-0.39, 0.29) is 10.9 Å². The van der Waals surface area contributed by atoms with Gasteiger partial charge in [-0.05, 0) is 62.2 Å². The fraction of sp³-hybridized carbons (Fsp3) is 0.294. The Morgan fingerprint density at radius 2 is 1.83 bits per heavy atom. The molecule has 0 bridgehead atoms. The van der Waals surface area contributed by atoms with Gasteiger partial charge in [0.05, 0.1) is 11.5 Å². The summed E-state index contributed by atoms with van der Waals surface area (Å²) in [5, 5.41) is 0. The molecule has 6 heteroatoms. The molecule has 23 heavy (non-hydrogen) atoms. The van der Waals surface area contributed by atoms with E-state index in [2.05, 4.69) is 20.7 Å². The van der Waals surface area contributed by atoms with Gasteiger partial charge >= 0.3 is 0 Å². The number of rotatable bonds is 6. The molecule has 0 aromatic heterocycles. The third-order valence-electron chi connectivity index (χ3n) is 3.46. The van der Waals surface area contributed by atoms with Crippen LogP contribution in [0.3, 0.4) is 0 Å².